The molecule has 6 nitrogen and oxygen atoms in total. The van der Waals surface area contributed by atoms with E-state index >= 15 is 0 Å². The van der Waals surface area contributed by atoms with E-state index in [9.17, 15) is 14.7 Å². The normalized spacial score (nSPS) is 25.1. The minimum Gasteiger partial charge on any atom is -0.480 e. The fraction of sp³-hybridized carbons (Fsp3) is 0.857. The molecular weight excluding hydrogens is 260 g/mol. The number of nitrogens with zero attached hydrogens (tertiary/aromatic N) is 1. The molecule has 0 radical (unpaired) electrons. The van der Waals surface area contributed by atoms with Crippen LogP contribution in [-0.2, 0) is 9.53 Å². The van der Waals surface area contributed by atoms with Gasteiger partial charge in [-0.1, -0.05) is 19.3 Å². The molecule has 2 rings (SSSR count). The topological polar surface area (TPSA) is 78.9 Å². The van der Waals surface area contributed by atoms with E-state index in [-0.39, 0.29) is 18.0 Å². The van der Waals surface area contributed by atoms with Crippen LogP contribution in [0.15, 0.2) is 0 Å². The third kappa shape index (κ3) is 3.62. The first-order chi connectivity index (χ1) is 9.59. The Hall–Kier alpha value is -1.30. The third-order valence-corrected chi connectivity index (χ3v) is 4.44. The zero-order valence-electron chi connectivity index (χ0n) is 12.0. The Labute approximate surface area is 119 Å². The average molecular weight is 284 g/mol. The van der Waals surface area contributed by atoms with E-state index < -0.39 is 12.0 Å². The van der Waals surface area contributed by atoms with Gasteiger partial charge in [0.2, 0.25) is 0 Å². The first kappa shape index (κ1) is 15.1. The number of carbonyl (C=O) groups is 2. The number of nitrogens with one attached hydrogen (secondary N) is 1. The molecule has 0 aromatic carbocycles. The lowest BCUT2D eigenvalue weighted by Crippen LogP contribution is -2.52. The lowest BCUT2D eigenvalue weighted by Gasteiger charge is -2.31. The molecular formula is C14H24N2O4. The Morgan fingerprint density at radius 2 is 1.95 bits per heavy atom. The Balaban J connectivity index is 1.92. The van der Waals surface area contributed by atoms with Crippen molar-refractivity contribution in [1.82, 2.24) is 10.2 Å². The van der Waals surface area contributed by atoms with Crippen molar-refractivity contribution < 1.29 is 19.4 Å². The van der Waals surface area contributed by atoms with Crippen LogP contribution in [0, 0.1) is 5.92 Å². The Morgan fingerprint density at radius 3 is 2.50 bits per heavy atom. The summed E-state index contributed by atoms with van der Waals surface area (Å²) in [6, 6.07) is -1.03. The first-order valence-corrected chi connectivity index (χ1v) is 7.43. The minimum atomic E-state index is -0.929. The van der Waals surface area contributed by atoms with Crippen molar-refractivity contribution in [2.45, 2.75) is 50.6 Å². The highest BCUT2D eigenvalue weighted by Gasteiger charge is 2.33. The van der Waals surface area contributed by atoms with Gasteiger partial charge in [0, 0.05) is 13.7 Å². The summed E-state index contributed by atoms with van der Waals surface area (Å²) in [4.78, 5) is 25.2. The third-order valence-electron chi connectivity index (χ3n) is 4.44. The second-order valence-corrected chi connectivity index (χ2v) is 5.79. The zero-order valence-corrected chi connectivity index (χ0v) is 12.0. The summed E-state index contributed by atoms with van der Waals surface area (Å²) in [6.45, 7) is 1.19. The Kier molecular flexibility index (Phi) is 5.23. The van der Waals surface area contributed by atoms with Crippen LogP contribution < -0.4 is 5.32 Å². The van der Waals surface area contributed by atoms with E-state index in [4.69, 9.17) is 4.74 Å². The number of carboxylic acids is 1. The standard InChI is InChI=1S/C14H24N2O4/c1-16(11-7-8-20-9-11)14(19)15-12(13(17)18)10-5-3-2-4-6-10/h10-12H,2-9H2,1H3,(H,15,19)(H,17,18). The molecule has 1 aliphatic carbocycles. The maximum atomic E-state index is 12.2. The molecule has 0 bridgehead atoms. The van der Waals surface area contributed by atoms with E-state index in [2.05, 4.69) is 5.32 Å². The van der Waals surface area contributed by atoms with Crippen molar-refractivity contribution in [2.75, 3.05) is 20.3 Å². The van der Waals surface area contributed by atoms with Gasteiger partial charge in [-0.2, -0.15) is 0 Å². The van der Waals surface area contributed by atoms with Crippen molar-refractivity contribution in [3.8, 4) is 0 Å². The quantitative estimate of drug-likeness (QED) is 0.819. The van der Waals surface area contributed by atoms with Crippen LogP contribution in [0.3, 0.4) is 0 Å². The molecule has 1 saturated carbocycles. The summed E-state index contributed by atoms with van der Waals surface area (Å²) in [7, 11) is 1.70. The molecule has 0 spiro atoms. The SMILES string of the molecule is CN(C(=O)NC(C(=O)O)C1CCCCC1)C1CCOC1. The number of hydrogen-bond acceptors (Lipinski definition) is 3. The molecule has 20 heavy (non-hydrogen) atoms. The van der Waals surface area contributed by atoms with Gasteiger partial charge in [0.1, 0.15) is 6.04 Å². The van der Waals surface area contributed by atoms with Crippen LogP contribution in [0.25, 0.3) is 0 Å². The van der Waals surface area contributed by atoms with Gasteiger partial charge >= 0.3 is 12.0 Å². The molecule has 0 aromatic rings. The van der Waals surface area contributed by atoms with E-state index in [1.54, 1.807) is 11.9 Å². The number of carboxylic acid groups (broad SMARTS) is 1. The highest BCUT2D eigenvalue weighted by atomic mass is 16.5. The molecule has 2 amide bonds. The molecule has 2 fully saturated rings. The monoisotopic (exact) mass is 284 g/mol. The van der Waals surface area contributed by atoms with Crippen LogP contribution in [0.4, 0.5) is 4.79 Å². The second-order valence-electron chi connectivity index (χ2n) is 5.79. The van der Waals surface area contributed by atoms with Crippen molar-refractivity contribution >= 4 is 12.0 Å². The predicted octanol–water partition coefficient (Wildman–Crippen LogP) is 1.45. The molecule has 2 unspecified atom stereocenters. The summed E-state index contributed by atoms with van der Waals surface area (Å²) >= 11 is 0. The summed E-state index contributed by atoms with van der Waals surface area (Å²) in [6.07, 6.45) is 5.84. The van der Waals surface area contributed by atoms with Crippen LogP contribution in [0.2, 0.25) is 0 Å². The van der Waals surface area contributed by atoms with E-state index in [0.717, 1.165) is 38.5 Å². The number of rotatable bonds is 4. The van der Waals surface area contributed by atoms with Gasteiger partial charge < -0.3 is 20.1 Å². The molecule has 6 heteroatoms. The number of likely N-dealkylation sites (N-methyl/N-ethyl adjacent to an activating group) is 1. The average Bonchev–Trinajstić information content (AvgIpc) is 2.98. The van der Waals surface area contributed by atoms with Gasteiger partial charge in [0.05, 0.1) is 12.6 Å². The van der Waals surface area contributed by atoms with Gasteiger partial charge in [-0.3, -0.25) is 0 Å². The van der Waals surface area contributed by atoms with Gasteiger partial charge in [0.15, 0.2) is 0 Å². The number of carbonyl (C=O) groups excluding carboxylic acids is 1. The Bertz CT molecular complexity index is 349. The molecule has 2 aliphatic rings. The van der Waals surface area contributed by atoms with Gasteiger partial charge in [-0.25, -0.2) is 9.59 Å². The van der Waals surface area contributed by atoms with E-state index in [1.807, 2.05) is 0 Å². The highest BCUT2D eigenvalue weighted by molar-refractivity contribution is 5.82. The molecule has 1 aliphatic heterocycles. The molecule has 2 N–H and O–H groups in total. The molecule has 1 saturated heterocycles. The molecule has 114 valence electrons. The van der Waals surface area contributed by atoms with Gasteiger partial charge in [-0.15, -0.1) is 0 Å². The molecule has 0 aromatic heterocycles. The lowest BCUT2D eigenvalue weighted by molar-refractivity contribution is -0.141. The minimum absolute atomic E-state index is 0.0517. The maximum Gasteiger partial charge on any atom is 0.326 e. The summed E-state index contributed by atoms with van der Waals surface area (Å²) in [5.41, 5.74) is 0. The second kappa shape index (κ2) is 6.92. The Morgan fingerprint density at radius 1 is 1.25 bits per heavy atom. The number of urea groups is 1. The number of ether oxygens (including phenoxy) is 1. The largest absolute Gasteiger partial charge is 0.480 e. The number of amides is 2. The number of hydrogen-bond donors (Lipinski definition) is 2. The summed E-state index contributed by atoms with van der Waals surface area (Å²) in [5, 5.41) is 12.1. The summed E-state index contributed by atoms with van der Waals surface area (Å²) < 4.78 is 5.26. The van der Waals surface area contributed by atoms with Crippen molar-refractivity contribution in [3.63, 3.8) is 0 Å². The van der Waals surface area contributed by atoms with Crippen molar-refractivity contribution in [1.29, 1.82) is 0 Å². The van der Waals surface area contributed by atoms with Crippen molar-refractivity contribution in [3.05, 3.63) is 0 Å². The molecule has 1 heterocycles. The smallest absolute Gasteiger partial charge is 0.326 e. The lowest BCUT2D eigenvalue weighted by atomic mass is 9.84. The van der Waals surface area contributed by atoms with Gasteiger partial charge in [-0.05, 0) is 25.2 Å². The van der Waals surface area contributed by atoms with Crippen molar-refractivity contribution in [2.24, 2.45) is 5.92 Å². The van der Waals surface area contributed by atoms with Gasteiger partial charge in [0.25, 0.3) is 0 Å². The first-order valence-electron chi connectivity index (χ1n) is 7.43. The van der Waals surface area contributed by atoms with E-state index in [1.165, 1.54) is 0 Å². The fourth-order valence-corrected chi connectivity index (χ4v) is 3.08. The summed E-state index contributed by atoms with van der Waals surface area (Å²) in [5.74, 6) is -0.875. The van der Waals surface area contributed by atoms with Crippen LogP contribution in [0.5, 0.6) is 0 Å². The van der Waals surface area contributed by atoms with Crippen LogP contribution in [-0.4, -0.2) is 54.4 Å². The highest BCUT2D eigenvalue weighted by Crippen LogP contribution is 2.26. The predicted molar refractivity (Wildman–Crippen MR) is 73.5 cm³/mol. The van der Waals surface area contributed by atoms with E-state index in [0.29, 0.717) is 13.2 Å². The number of aliphatic carboxylic acids is 1. The maximum absolute atomic E-state index is 12.2. The van der Waals surface area contributed by atoms with Crippen LogP contribution in [0.1, 0.15) is 38.5 Å². The van der Waals surface area contributed by atoms with Crippen LogP contribution >= 0.6 is 0 Å². The fourth-order valence-electron chi connectivity index (χ4n) is 3.08. The zero-order chi connectivity index (χ0) is 14.5. The molecule has 2 atom stereocenters.